The summed E-state index contributed by atoms with van der Waals surface area (Å²) >= 11 is 3.42. The van der Waals surface area contributed by atoms with Gasteiger partial charge in [0, 0.05) is 27.1 Å². The number of hydrogen-bond acceptors (Lipinski definition) is 4. The number of alkyl carbamates (subject to hydrolysis) is 1. The number of hydrogen-bond donors (Lipinski definition) is 2. The van der Waals surface area contributed by atoms with Crippen LogP contribution < -0.4 is 5.32 Å². The Morgan fingerprint density at radius 1 is 1.33 bits per heavy atom. The molecule has 1 aromatic heterocycles. The topological polar surface area (TPSA) is 80.4 Å². The maximum absolute atomic E-state index is 12.4. The number of aromatic amines is 1. The predicted molar refractivity (Wildman–Crippen MR) is 94.7 cm³/mol. The van der Waals surface area contributed by atoms with Crippen LogP contribution in [0.15, 0.2) is 28.9 Å². The zero-order valence-corrected chi connectivity index (χ0v) is 15.7. The van der Waals surface area contributed by atoms with Crippen molar-refractivity contribution in [3.8, 4) is 0 Å². The lowest BCUT2D eigenvalue weighted by molar-refractivity contribution is -0.145. The Morgan fingerprint density at radius 3 is 2.67 bits per heavy atom. The highest BCUT2D eigenvalue weighted by Gasteiger charge is 2.29. The fourth-order valence-electron chi connectivity index (χ4n) is 2.27. The second-order valence-electron chi connectivity index (χ2n) is 6.27. The molecule has 0 radical (unpaired) electrons. The first-order chi connectivity index (χ1) is 11.2. The lowest BCUT2D eigenvalue weighted by atomic mass is 10.1. The van der Waals surface area contributed by atoms with Gasteiger partial charge in [-0.25, -0.2) is 9.59 Å². The minimum absolute atomic E-state index is 0.220. The van der Waals surface area contributed by atoms with Crippen LogP contribution in [0.3, 0.4) is 0 Å². The summed E-state index contributed by atoms with van der Waals surface area (Å²) in [6, 6.07) is 4.70. The number of H-pyrrole nitrogens is 1. The van der Waals surface area contributed by atoms with E-state index in [1.165, 1.54) is 0 Å². The molecule has 2 N–H and O–H groups in total. The average Bonchev–Trinajstić information content (AvgIpc) is 2.86. The standard InChI is InChI=1S/C17H21BrN2O4/c1-5-23-15(21)14(20-16(22)24-17(2,3)4)12-9-19-13-7-6-10(18)8-11(12)13/h6-9,14,19H,5H2,1-4H3,(H,20,22). The number of halogens is 1. The summed E-state index contributed by atoms with van der Waals surface area (Å²) in [6.45, 7) is 7.21. The van der Waals surface area contributed by atoms with E-state index in [0.717, 1.165) is 15.4 Å². The fourth-order valence-corrected chi connectivity index (χ4v) is 2.63. The van der Waals surface area contributed by atoms with E-state index in [1.807, 2.05) is 18.2 Å². The van der Waals surface area contributed by atoms with Crippen LogP contribution >= 0.6 is 15.9 Å². The molecular formula is C17H21BrN2O4. The number of carbonyl (C=O) groups excluding carboxylic acids is 2. The van der Waals surface area contributed by atoms with Gasteiger partial charge in [-0.05, 0) is 45.9 Å². The number of fused-ring (bicyclic) bond motifs is 1. The average molecular weight is 397 g/mol. The van der Waals surface area contributed by atoms with Crippen molar-refractivity contribution in [2.75, 3.05) is 6.61 Å². The molecule has 6 nitrogen and oxygen atoms in total. The molecule has 0 aliphatic rings. The van der Waals surface area contributed by atoms with Gasteiger partial charge in [-0.3, -0.25) is 0 Å². The molecule has 0 bridgehead atoms. The fraction of sp³-hybridized carbons (Fsp3) is 0.412. The van der Waals surface area contributed by atoms with Crippen molar-refractivity contribution in [1.29, 1.82) is 0 Å². The first-order valence-corrected chi connectivity index (χ1v) is 8.43. The van der Waals surface area contributed by atoms with Crippen LogP contribution in [0.2, 0.25) is 0 Å². The maximum atomic E-state index is 12.4. The minimum atomic E-state index is -0.956. The normalized spacial score (nSPS) is 12.7. The van der Waals surface area contributed by atoms with Gasteiger partial charge in [0.2, 0.25) is 0 Å². The molecule has 0 spiro atoms. The highest BCUT2D eigenvalue weighted by Crippen LogP contribution is 2.28. The zero-order valence-electron chi connectivity index (χ0n) is 14.1. The van der Waals surface area contributed by atoms with Crippen LogP contribution in [-0.2, 0) is 14.3 Å². The number of carbonyl (C=O) groups is 2. The third-order valence-electron chi connectivity index (χ3n) is 3.17. The number of esters is 1. The van der Waals surface area contributed by atoms with Gasteiger partial charge >= 0.3 is 12.1 Å². The number of nitrogens with one attached hydrogen (secondary N) is 2. The molecule has 0 saturated carbocycles. The zero-order chi connectivity index (χ0) is 17.9. The number of rotatable bonds is 4. The van der Waals surface area contributed by atoms with E-state index < -0.39 is 23.7 Å². The molecule has 7 heteroatoms. The SMILES string of the molecule is CCOC(=O)C(NC(=O)OC(C)(C)C)c1c[nH]c2ccc(Br)cc12. The third-order valence-corrected chi connectivity index (χ3v) is 3.66. The molecule has 2 aromatic rings. The molecule has 1 aromatic carbocycles. The lowest BCUT2D eigenvalue weighted by Crippen LogP contribution is -2.38. The first-order valence-electron chi connectivity index (χ1n) is 7.64. The second-order valence-corrected chi connectivity index (χ2v) is 7.18. The van der Waals surface area contributed by atoms with Crippen molar-refractivity contribution in [3.05, 3.63) is 34.4 Å². The van der Waals surface area contributed by atoms with Crippen LogP contribution in [0.1, 0.15) is 39.3 Å². The largest absolute Gasteiger partial charge is 0.464 e. The number of aromatic nitrogens is 1. The summed E-state index contributed by atoms with van der Waals surface area (Å²) < 4.78 is 11.2. The van der Waals surface area contributed by atoms with Crippen molar-refractivity contribution in [3.63, 3.8) is 0 Å². The van der Waals surface area contributed by atoms with Crippen LogP contribution in [0.4, 0.5) is 4.79 Å². The molecule has 1 unspecified atom stereocenters. The Bertz CT molecular complexity index is 749. The second kappa shape index (κ2) is 7.25. The summed E-state index contributed by atoms with van der Waals surface area (Å²) in [5, 5.41) is 3.42. The molecule has 0 fully saturated rings. The summed E-state index contributed by atoms with van der Waals surface area (Å²) in [4.78, 5) is 27.6. The lowest BCUT2D eigenvalue weighted by Gasteiger charge is -2.22. The molecular weight excluding hydrogens is 376 g/mol. The van der Waals surface area contributed by atoms with Gasteiger partial charge in [0.05, 0.1) is 6.61 Å². The molecule has 0 aliphatic carbocycles. The van der Waals surface area contributed by atoms with E-state index in [1.54, 1.807) is 33.9 Å². The van der Waals surface area contributed by atoms with Gasteiger partial charge in [0.15, 0.2) is 6.04 Å². The smallest absolute Gasteiger partial charge is 0.408 e. The van der Waals surface area contributed by atoms with Gasteiger partial charge in [-0.1, -0.05) is 15.9 Å². The molecule has 24 heavy (non-hydrogen) atoms. The van der Waals surface area contributed by atoms with E-state index in [0.29, 0.717) is 5.56 Å². The summed E-state index contributed by atoms with van der Waals surface area (Å²) in [6.07, 6.45) is 1.01. The molecule has 1 heterocycles. The summed E-state index contributed by atoms with van der Waals surface area (Å²) in [5.74, 6) is -0.538. The van der Waals surface area contributed by atoms with Gasteiger partial charge in [0.1, 0.15) is 5.60 Å². The predicted octanol–water partition coefficient (Wildman–Crippen LogP) is 4.06. The van der Waals surface area contributed by atoms with E-state index in [4.69, 9.17) is 9.47 Å². The number of amides is 1. The highest BCUT2D eigenvalue weighted by molar-refractivity contribution is 9.10. The van der Waals surface area contributed by atoms with Crippen molar-refractivity contribution < 1.29 is 19.1 Å². The quantitative estimate of drug-likeness (QED) is 0.763. The van der Waals surface area contributed by atoms with E-state index in [2.05, 4.69) is 26.2 Å². The Labute approximate surface area is 149 Å². The first kappa shape index (κ1) is 18.3. The van der Waals surface area contributed by atoms with Crippen LogP contribution in [0, 0.1) is 0 Å². The highest BCUT2D eigenvalue weighted by atomic mass is 79.9. The van der Waals surface area contributed by atoms with Crippen molar-refractivity contribution in [2.45, 2.75) is 39.3 Å². The minimum Gasteiger partial charge on any atom is -0.464 e. The monoisotopic (exact) mass is 396 g/mol. The van der Waals surface area contributed by atoms with Gasteiger partial charge < -0.3 is 19.8 Å². The Kier molecular flexibility index (Phi) is 5.54. The summed E-state index contributed by atoms with van der Waals surface area (Å²) in [5.41, 5.74) is 0.816. The molecule has 130 valence electrons. The van der Waals surface area contributed by atoms with E-state index in [-0.39, 0.29) is 6.61 Å². The van der Waals surface area contributed by atoms with Gasteiger partial charge in [-0.15, -0.1) is 0 Å². The third kappa shape index (κ3) is 4.50. The van der Waals surface area contributed by atoms with E-state index in [9.17, 15) is 9.59 Å². The Balaban J connectivity index is 2.36. The van der Waals surface area contributed by atoms with Crippen molar-refractivity contribution >= 4 is 38.9 Å². The van der Waals surface area contributed by atoms with Crippen LogP contribution in [-0.4, -0.2) is 29.3 Å². The summed E-state index contributed by atoms with van der Waals surface area (Å²) in [7, 11) is 0. The maximum Gasteiger partial charge on any atom is 0.408 e. The Morgan fingerprint density at radius 2 is 2.04 bits per heavy atom. The van der Waals surface area contributed by atoms with Crippen LogP contribution in [0.5, 0.6) is 0 Å². The molecule has 1 atom stereocenters. The number of ether oxygens (including phenoxy) is 2. The van der Waals surface area contributed by atoms with Crippen LogP contribution in [0.25, 0.3) is 10.9 Å². The van der Waals surface area contributed by atoms with Gasteiger partial charge in [0.25, 0.3) is 0 Å². The van der Waals surface area contributed by atoms with Crippen molar-refractivity contribution in [1.82, 2.24) is 10.3 Å². The Hall–Kier alpha value is -2.02. The molecule has 0 aliphatic heterocycles. The van der Waals surface area contributed by atoms with E-state index >= 15 is 0 Å². The number of benzene rings is 1. The molecule has 2 rings (SSSR count). The molecule has 1 amide bonds. The van der Waals surface area contributed by atoms with Gasteiger partial charge in [-0.2, -0.15) is 0 Å². The van der Waals surface area contributed by atoms with Crippen molar-refractivity contribution in [2.24, 2.45) is 0 Å². The molecule has 0 saturated heterocycles.